The van der Waals surface area contributed by atoms with Crippen LogP contribution in [-0.4, -0.2) is 27.4 Å². The van der Waals surface area contributed by atoms with E-state index in [0.717, 1.165) is 10.9 Å². The normalized spacial score (nSPS) is 14.5. The summed E-state index contributed by atoms with van der Waals surface area (Å²) >= 11 is 4.17. The van der Waals surface area contributed by atoms with Gasteiger partial charge in [-0.05, 0) is 12.1 Å². The second-order valence-corrected chi connectivity index (χ2v) is 4.79. The molecule has 2 atom stereocenters. The average Bonchev–Trinajstić information content (AvgIpc) is 2.67. The summed E-state index contributed by atoms with van der Waals surface area (Å²) in [5, 5.41) is 12.8. The summed E-state index contributed by atoms with van der Waals surface area (Å²) in [6.07, 6.45) is 0. The molecule has 17 heavy (non-hydrogen) atoms. The van der Waals surface area contributed by atoms with Gasteiger partial charge < -0.3 is 15.4 Å². The molecule has 0 amide bonds. The molecular formula is C12H14N2O2S. The van der Waals surface area contributed by atoms with E-state index in [2.05, 4.69) is 22.9 Å². The number of carbonyl (C=O) groups is 1. The summed E-state index contributed by atoms with van der Waals surface area (Å²) in [5.74, 6) is -0.217. The SMILES string of the molecule is CC(S)[C@@H](Nc1cc2ccccc2[nH]1)C(=O)O. The number of carboxylic acids is 1. The van der Waals surface area contributed by atoms with Gasteiger partial charge in [0.15, 0.2) is 0 Å². The highest BCUT2D eigenvalue weighted by molar-refractivity contribution is 7.81. The molecule has 1 unspecified atom stereocenters. The van der Waals surface area contributed by atoms with Crippen molar-refractivity contribution in [2.24, 2.45) is 0 Å². The molecule has 0 bridgehead atoms. The molecular weight excluding hydrogens is 236 g/mol. The summed E-state index contributed by atoms with van der Waals surface area (Å²) in [5.41, 5.74) is 0.978. The maximum atomic E-state index is 11.0. The second kappa shape index (κ2) is 4.71. The number of carboxylic acid groups (broad SMARTS) is 1. The first kappa shape index (κ1) is 11.9. The Balaban J connectivity index is 2.25. The largest absolute Gasteiger partial charge is 0.480 e. The van der Waals surface area contributed by atoms with Crippen LogP contribution >= 0.6 is 12.6 Å². The van der Waals surface area contributed by atoms with Crippen LogP contribution in [0.2, 0.25) is 0 Å². The van der Waals surface area contributed by atoms with Crippen LogP contribution in [0.5, 0.6) is 0 Å². The zero-order valence-corrected chi connectivity index (χ0v) is 10.2. The lowest BCUT2D eigenvalue weighted by molar-refractivity contribution is -0.137. The molecule has 1 aromatic heterocycles. The quantitative estimate of drug-likeness (QED) is 0.630. The number of aromatic nitrogens is 1. The minimum absolute atomic E-state index is 0.279. The number of hydrogen-bond acceptors (Lipinski definition) is 3. The van der Waals surface area contributed by atoms with Gasteiger partial charge in [-0.25, -0.2) is 4.79 Å². The van der Waals surface area contributed by atoms with Gasteiger partial charge >= 0.3 is 5.97 Å². The van der Waals surface area contributed by atoms with E-state index < -0.39 is 12.0 Å². The van der Waals surface area contributed by atoms with E-state index in [9.17, 15) is 4.79 Å². The first-order chi connectivity index (χ1) is 8.08. The van der Waals surface area contributed by atoms with E-state index in [-0.39, 0.29) is 5.25 Å². The minimum Gasteiger partial charge on any atom is -0.480 e. The topological polar surface area (TPSA) is 65.1 Å². The van der Waals surface area contributed by atoms with Crippen LogP contribution in [0.3, 0.4) is 0 Å². The second-order valence-electron chi connectivity index (χ2n) is 3.97. The number of anilines is 1. The van der Waals surface area contributed by atoms with Gasteiger partial charge in [0.1, 0.15) is 11.9 Å². The predicted molar refractivity (Wildman–Crippen MR) is 71.8 cm³/mol. The van der Waals surface area contributed by atoms with Crippen LogP contribution in [0, 0.1) is 0 Å². The number of rotatable bonds is 4. The number of aromatic amines is 1. The van der Waals surface area contributed by atoms with Crippen molar-refractivity contribution in [1.82, 2.24) is 4.98 Å². The Bertz CT molecular complexity index is 503. The van der Waals surface area contributed by atoms with Gasteiger partial charge in [0.25, 0.3) is 0 Å². The Hall–Kier alpha value is -1.62. The molecule has 1 heterocycles. The molecule has 3 N–H and O–H groups in total. The van der Waals surface area contributed by atoms with Crippen molar-refractivity contribution in [1.29, 1.82) is 0 Å². The van der Waals surface area contributed by atoms with Crippen LogP contribution < -0.4 is 5.32 Å². The lowest BCUT2D eigenvalue weighted by Crippen LogP contribution is -2.36. The van der Waals surface area contributed by atoms with E-state index in [1.54, 1.807) is 6.92 Å². The number of benzene rings is 1. The number of fused-ring (bicyclic) bond motifs is 1. The zero-order valence-electron chi connectivity index (χ0n) is 9.34. The summed E-state index contributed by atoms with van der Waals surface area (Å²) in [6.45, 7) is 1.75. The molecule has 90 valence electrons. The maximum absolute atomic E-state index is 11.0. The van der Waals surface area contributed by atoms with Crippen LogP contribution in [0.25, 0.3) is 10.9 Å². The van der Waals surface area contributed by atoms with Crippen molar-refractivity contribution in [3.05, 3.63) is 30.3 Å². The Labute approximate surface area is 104 Å². The van der Waals surface area contributed by atoms with E-state index in [0.29, 0.717) is 5.82 Å². The molecule has 0 saturated carbocycles. The third kappa shape index (κ3) is 2.55. The molecule has 0 spiro atoms. The molecule has 0 aliphatic rings. The molecule has 4 nitrogen and oxygen atoms in total. The lowest BCUT2D eigenvalue weighted by atomic mass is 10.2. The average molecular weight is 250 g/mol. The number of para-hydroxylation sites is 1. The van der Waals surface area contributed by atoms with E-state index in [1.165, 1.54) is 0 Å². The Morgan fingerprint density at radius 2 is 2.18 bits per heavy atom. The van der Waals surface area contributed by atoms with Gasteiger partial charge in [0.2, 0.25) is 0 Å². The molecule has 0 aliphatic carbocycles. The lowest BCUT2D eigenvalue weighted by Gasteiger charge is -2.17. The highest BCUT2D eigenvalue weighted by Gasteiger charge is 2.22. The molecule has 0 fully saturated rings. The van der Waals surface area contributed by atoms with Gasteiger partial charge in [-0.3, -0.25) is 0 Å². The first-order valence-electron chi connectivity index (χ1n) is 5.33. The zero-order chi connectivity index (χ0) is 12.4. The Kier molecular flexibility index (Phi) is 3.28. The van der Waals surface area contributed by atoms with Crippen LogP contribution in [0.15, 0.2) is 30.3 Å². The van der Waals surface area contributed by atoms with Crippen LogP contribution in [0.4, 0.5) is 5.82 Å². The monoisotopic (exact) mass is 250 g/mol. The van der Waals surface area contributed by atoms with Crippen molar-refractivity contribution in [2.75, 3.05) is 5.32 Å². The Morgan fingerprint density at radius 3 is 2.76 bits per heavy atom. The minimum atomic E-state index is -0.911. The molecule has 2 rings (SSSR count). The van der Waals surface area contributed by atoms with Gasteiger partial charge in [-0.2, -0.15) is 12.6 Å². The standard InChI is InChI=1S/C12H14N2O2S/c1-7(17)11(12(15)16)14-10-6-8-4-2-3-5-9(8)13-10/h2-7,11,13-14,17H,1H3,(H,15,16)/t7?,11-/m1/s1. The predicted octanol–water partition coefficient (Wildman–Crippen LogP) is 2.35. The van der Waals surface area contributed by atoms with Gasteiger partial charge in [0.05, 0.1) is 0 Å². The van der Waals surface area contributed by atoms with Crippen molar-refractivity contribution < 1.29 is 9.90 Å². The van der Waals surface area contributed by atoms with Crippen LogP contribution in [0.1, 0.15) is 6.92 Å². The summed E-state index contributed by atoms with van der Waals surface area (Å²) < 4.78 is 0. The van der Waals surface area contributed by atoms with E-state index in [1.807, 2.05) is 30.3 Å². The third-order valence-corrected chi connectivity index (χ3v) is 2.89. The molecule has 0 radical (unpaired) electrons. The van der Waals surface area contributed by atoms with Crippen LogP contribution in [-0.2, 0) is 4.79 Å². The smallest absolute Gasteiger partial charge is 0.327 e. The number of aliphatic carboxylic acids is 1. The van der Waals surface area contributed by atoms with Gasteiger partial charge in [-0.15, -0.1) is 0 Å². The Morgan fingerprint density at radius 1 is 1.47 bits per heavy atom. The van der Waals surface area contributed by atoms with Crippen molar-refractivity contribution >= 4 is 35.3 Å². The van der Waals surface area contributed by atoms with Gasteiger partial charge in [-0.1, -0.05) is 25.1 Å². The highest BCUT2D eigenvalue weighted by atomic mass is 32.1. The summed E-state index contributed by atoms with van der Waals surface area (Å²) in [6, 6.07) is 8.96. The molecule has 0 saturated heterocycles. The van der Waals surface area contributed by atoms with Crippen molar-refractivity contribution in [3.8, 4) is 0 Å². The van der Waals surface area contributed by atoms with Crippen molar-refractivity contribution in [2.45, 2.75) is 18.2 Å². The number of nitrogens with one attached hydrogen (secondary N) is 2. The molecule has 0 aliphatic heterocycles. The molecule has 5 heteroatoms. The molecule has 1 aromatic carbocycles. The maximum Gasteiger partial charge on any atom is 0.327 e. The van der Waals surface area contributed by atoms with E-state index in [4.69, 9.17) is 5.11 Å². The fourth-order valence-corrected chi connectivity index (χ4v) is 1.91. The fourth-order valence-electron chi connectivity index (χ4n) is 1.71. The van der Waals surface area contributed by atoms with Crippen molar-refractivity contribution in [3.63, 3.8) is 0 Å². The van der Waals surface area contributed by atoms with Gasteiger partial charge in [0, 0.05) is 16.2 Å². The summed E-state index contributed by atoms with van der Waals surface area (Å²) in [4.78, 5) is 14.2. The highest BCUT2D eigenvalue weighted by Crippen LogP contribution is 2.19. The number of thiol groups is 1. The number of H-pyrrole nitrogens is 1. The summed E-state index contributed by atoms with van der Waals surface area (Å²) in [7, 11) is 0. The first-order valence-corrected chi connectivity index (χ1v) is 5.85. The van der Waals surface area contributed by atoms with E-state index >= 15 is 0 Å². The fraction of sp³-hybridized carbons (Fsp3) is 0.250. The third-order valence-electron chi connectivity index (χ3n) is 2.59. The number of hydrogen-bond donors (Lipinski definition) is 4. The molecule has 2 aromatic rings.